The SMILES string of the molecule is O=C(Cn1nc(-c2cccnc2)ccc1=O)N1CCN(c2ccc(F)cc2)CC1. The number of piperazine rings is 1. The van der Waals surface area contributed by atoms with Gasteiger partial charge in [-0.15, -0.1) is 0 Å². The molecule has 0 spiro atoms. The summed E-state index contributed by atoms with van der Waals surface area (Å²) >= 11 is 0. The molecular formula is C21H20FN5O2. The molecule has 0 unspecified atom stereocenters. The number of rotatable bonds is 4. The maximum Gasteiger partial charge on any atom is 0.267 e. The van der Waals surface area contributed by atoms with Crippen LogP contribution in [0.15, 0.2) is 65.7 Å². The monoisotopic (exact) mass is 393 g/mol. The van der Waals surface area contributed by atoms with Crippen molar-refractivity contribution in [3.63, 3.8) is 0 Å². The van der Waals surface area contributed by atoms with Gasteiger partial charge in [0.15, 0.2) is 0 Å². The van der Waals surface area contributed by atoms with Gasteiger partial charge >= 0.3 is 0 Å². The van der Waals surface area contributed by atoms with Crippen LogP contribution in [0.25, 0.3) is 11.3 Å². The van der Waals surface area contributed by atoms with Gasteiger partial charge in [0.25, 0.3) is 5.56 Å². The Bertz CT molecular complexity index is 1040. The van der Waals surface area contributed by atoms with Crippen LogP contribution in [0.1, 0.15) is 0 Å². The van der Waals surface area contributed by atoms with Gasteiger partial charge in [-0.05, 0) is 42.5 Å². The molecule has 3 aromatic rings. The van der Waals surface area contributed by atoms with Gasteiger partial charge in [0.2, 0.25) is 5.91 Å². The van der Waals surface area contributed by atoms with E-state index in [2.05, 4.69) is 15.0 Å². The Morgan fingerprint density at radius 2 is 1.76 bits per heavy atom. The Labute approximate surface area is 167 Å². The highest BCUT2D eigenvalue weighted by Gasteiger charge is 2.22. The number of halogens is 1. The van der Waals surface area contributed by atoms with Crippen LogP contribution in [-0.2, 0) is 11.3 Å². The van der Waals surface area contributed by atoms with Crippen LogP contribution in [0.4, 0.5) is 10.1 Å². The zero-order valence-electron chi connectivity index (χ0n) is 15.7. The molecule has 29 heavy (non-hydrogen) atoms. The smallest absolute Gasteiger partial charge is 0.267 e. The van der Waals surface area contributed by atoms with E-state index >= 15 is 0 Å². The molecule has 0 radical (unpaired) electrons. The lowest BCUT2D eigenvalue weighted by Crippen LogP contribution is -2.50. The molecule has 3 heterocycles. The molecule has 4 rings (SSSR count). The number of hydrogen-bond donors (Lipinski definition) is 0. The molecule has 0 aliphatic carbocycles. The Morgan fingerprint density at radius 3 is 2.45 bits per heavy atom. The minimum Gasteiger partial charge on any atom is -0.368 e. The summed E-state index contributed by atoms with van der Waals surface area (Å²) in [5, 5.41) is 4.32. The average Bonchev–Trinajstić information content (AvgIpc) is 2.76. The van der Waals surface area contributed by atoms with Crippen molar-refractivity contribution >= 4 is 11.6 Å². The molecule has 8 heteroatoms. The third-order valence-electron chi connectivity index (χ3n) is 4.93. The molecule has 1 aliphatic rings. The number of hydrogen-bond acceptors (Lipinski definition) is 5. The lowest BCUT2D eigenvalue weighted by molar-refractivity contribution is -0.132. The normalized spacial score (nSPS) is 14.1. The number of aromatic nitrogens is 3. The second-order valence-electron chi connectivity index (χ2n) is 6.80. The van der Waals surface area contributed by atoms with Gasteiger partial charge < -0.3 is 9.80 Å². The van der Waals surface area contributed by atoms with Crippen molar-refractivity contribution < 1.29 is 9.18 Å². The van der Waals surface area contributed by atoms with Crippen LogP contribution >= 0.6 is 0 Å². The first-order valence-corrected chi connectivity index (χ1v) is 9.37. The number of amides is 1. The Morgan fingerprint density at radius 1 is 1.00 bits per heavy atom. The van der Waals surface area contributed by atoms with E-state index in [4.69, 9.17) is 0 Å². The maximum atomic E-state index is 13.1. The van der Waals surface area contributed by atoms with E-state index in [9.17, 15) is 14.0 Å². The second kappa shape index (κ2) is 8.22. The first-order chi connectivity index (χ1) is 14.1. The van der Waals surface area contributed by atoms with E-state index in [1.807, 2.05) is 6.07 Å². The number of carbonyl (C=O) groups is 1. The summed E-state index contributed by atoms with van der Waals surface area (Å²) in [4.78, 5) is 32.8. The standard InChI is InChI=1S/C21H20FN5O2/c22-17-3-5-18(6-4-17)25-10-12-26(13-11-25)21(29)15-27-20(28)8-7-19(24-27)16-2-1-9-23-14-16/h1-9,14H,10-13,15H2. The summed E-state index contributed by atoms with van der Waals surface area (Å²) in [5.74, 6) is -0.421. The molecule has 0 atom stereocenters. The van der Waals surface area contributed by atoms with Crippen molar-refractivity contribution in [3.8, 4) is 11.3 Å². The van der Waals surface area contributed by atoms with Crippen LogP contribution in [0.2, 0.25) is 0 Å². The fourth-order valence-corrected chi connectivity index (χ4v) is 3.32. The molecule has 1 fully saturated rings. The molecule has 1 amide bonds. The van der Waals surface area contributed by atoms with E-state index in [-0.39, 0.29) is 23.8 Å². The molecule has 7 nitrogen and oxygen atoms in total. The summed E-state index contributed by atoms with van der Waals surface area (Å²) in [6.07, 6.45) is 3.32. The third kappa shape index (κ3) is 4.31. The number of benzene rings is 1. The largest absolute Gasteiger partial charge is 0.368 e. The third-order valence-corrected chi connectivity index (χ3v) is 4.93. The van der Waals surface area contributed by atoms with Crippen LogP contribution in [0, 0.1) is 5.82 Å². The molecular weight excluding hydrogens is 373 g/mol. The minimum absolute atomic E-state index is 0.108. The van der Waals surface area contributed by atoms with Crippen molar-refractivity contribution in [1.82, 2.24) is 19.7 Å². The Kier molecular flexibility index (Phi) is 5.33. The van der Waals surface area contributed by atoms with Gasteiger partial charge in [0, 0.05) is 55.9 Å². The van der Waals surface area contributed by atoms with Gasteiger partial charge in [-0.25, -0.2) is 9.07 Å². The summed E-state index contributed by atoms with van der Waals surface area (Å²) in [6.45, 7) is 2.26. The summed E-state index contributed by atoms with van der Waals surface area (Å²) in [5.41, 5.74) is 1.98. The molecule has 0 saturated carbocycles. The highest BCUT2D eigenvalue weighted by molar-refractivity contribution is 5.76. The fourth-order valence-electron chi connectivity index (χ4n) is 3.32. The lowest BCUT2D eigenvalue weighted by Gasteiger charge is -2.36. The van der Waals surface area contributed by atoms with Crippen molar-refractivity contribution in [2.24, 2.45) is 0 Å². The Balaban J connectivity index is 1.41. The maximum absolute atomic E-state index is 13.1. The van der Waals surface area contributed by atoms with Crippen LogP contribution < -0.4 is 10.5 Å². The summed E-state index contributed by atoms with van der Waals surface area (Å²) < 4.78 is 14.3. The van der Waals surface area contributed by atoms with Crippen molar-refractivity contribution in [2.75, 3.05) is 31.1 Å². The highest BCUT2D eigenvalue weighted by Crippen LogP contribution is 2.17. The van der Waals surface area contributed by atoms with E-state index in [1.165, 1.54) is 22.9 Å². The lowest BCUT2D eigenvalue weighted by atomic mass is 10.2. The Hall–Kier alpha value is -3.55. The number of anilines is 1. The molecule has 2 aromatic heterocycles. The minimum atomic E-state index is -0.323. The number of nitrogens with zero attached hydrogens (tertiary/aromatic N) is 5. The zero-order chi connectivity index (χ0) is 20.2. The van der Waals surface area contributed by atoms with Gasteiger partial charge in [-0.3, -0.25) is 14.6 Å². The highest BCUT2D eigenvalue weighted by atomic mass is 19.1. The van der Waals surface area contributed by atoms with Gasteiger partial charge in [0.05, 0.1) is 5.69 Å². The average molecular weight is 393 g/mol. The predicted octanol–water partition coefficient (Wildman–Crippen LogP) is 1.79. The van der Waals surface area contributed by atoms with Crippen LogP contribution in [0.3, 0.4) is 0 Å². The van der Waals surface area contributed by atoms with E-state index in [0.29, 0.717) is 31.9 Å². The van der Waals surface area contributed by atoms with E-state index in [0.717, 1.165) is 11.3 Å². The summed E-state index contributed by atoms with van der Waals surface area (Å²) in [6, 6.07) is 13.0. The quantitative estimate of drug-likeness (QED) is 0.676. The van der Waals surface area contributed by atoms with E-state index < -0.39 is 0 Å². The molecule has 148 valence electrons. The van der Waals surface area contributed by atoms with Crippen molar-refractivity contribution in [2.45, 2.75) is 6.54 Å². The fraction of sp³-hybridized carbons (Fsp3) is 0.238. The number of pyridine rings is 1. The molecule has 1 saturated heterocycles. The molecule has 1 aromatic carbocycles. The predicted molar refractivity (Wildman–Crippen MR) is 107 cm³/mol. The van der Waals surface area contributed by atoms with Crippen molar-refractivity contribution in [3.05, 3.63) is 77.1 Å². The number of carbonyl (C=O) groups excluding carboxylic acids is 1. The van der Waals surface area contributed by atoms with E-state index in [1.54, 1.807) is 41.6 Å². The van der Waals surface area contributed by atoms with Gasteiger partial charge in [-0.1, -0.05) is 0 Å². The topological polar surface area (TPSA) is 71.3 Å². The van der Waals surface area contributed by atoms with Gasteiger partial charge in [0.1, 0.15) is 12.4 Å². The zero-order valence-corrected chi connectivity index (χ0v) is 15.7. The van der Waals surface area contributed by atoms with Crippen LogP contribution in [0.5, 0.6) is 0 Å². The molecule has 0 bridgehead atoms. The van der Waals surface area contributed by atoms with Crippen molar-refractivity contribution in [1.29, 1.82) is 0 Å². The van der Waals surface area contributed by atoms with Gasteiger partial charge in [-0.2, -0.15) is 5.10 Å². The molecule has 0 N–H and O–H groups in total. The first-order valence-electron chi connectivity index (χ1n) is 9.37. The van der Waals surface area contributed by atoms with Crippen LogP contribution in [-0.4, -0.2) is 51.8 Å². The first kappa shape index (κ1) is 18.8. The summed E-state index contributed by atoms with van der Waals surface area (Å²) in [7, 11) is 0. The second-order valence-corrected chi connectivity index (χ2v) is 6.80. The molecule has 1 aliphatic heterocycles.